The lowest BCUT2D eigenvalue weighted by Crippen LogP contribution is -2.11. The van der Waals surface area contributed by atoms with Crippen LogP contribution in [0.1, 0.15) is 45.4 Å². The normalized spacial score (nSPS) is 10.2. The van der Waals surface area contributed by atoms with E-state index >= 15 is 0 Å². The lowest BCUT2D eigenvalue weighted by molar-refractivity contribution is -0.116. The van der Waals surface area contributed by atoms with Crippen LogP contribution in [0, 0.1) is 0 Å². The fourth-order valence-electron chi connectivity index (χ4n) is 1.68. The molecule has 0 heterocycles. The number of phenolic OH excluding ortho intramolecular Hbond substituents is 1. The molecule has 0 saturated carbocycles. The molecule has 0 aliphatic carbocycles. The Hall–Kier alpha value is -1.51. The molecule has 0 spiro atoms. The van der Waals surface area contributed by atoms with Crippen molar-refractivity contribution in [3.63, 3.8) is 0 Å². The molecule has 1 rings (SSSR count). The van der Waals surface area contributed by atoms with Gasteiger partial charge in [-0.1, -0.05) is 44.7 Å². The fourth-order valence-corrected chi connectivity index (χ4v) is 1.68. The fraction of sp³-hybridized carbons (Fsp3) is 0.500. The van der Waals surface area contributed by atoms with E-state index in [1.807, 2.05) is 0 Å². The summed E-state index contributed by atoms with van der Waals surface area (Å²) in [6.07, 6.45) is 6.19. The van der Waals surface area contributed by atoms with E-state index in [-0.39, 0.29) is 11.7 Å². The number of rotatable bonds is 7. The van der Waals surface area contributed by atoms with Gasteiger partial charge in [0.2, 0.25) is 5.91 Å². The first kappa shape index (κ1) is 13.6. The molecule has 0 bridgehead atoms. The highest BCUT2D eigenvalue weighted by Gasteiger charge is 2.04. The Bertz CT molecular complexity index is 350. The number of hydrogen-bond acceptors (Lipinski definition) is 2. The van der Waals surface area contributed by atoms with Crippen molar-refractivity contribution in [3.8, 4) is 5.75 Å². The molecule has 0 aromatic heterocycles. The van der Waals surface area contributed by atoms with Gasteiger partial charge in [-0.2, -0.15) is 0 Å². The summed E-state index contributed by atoms with van der Waals surface area (Å²) in [7, 11) is 0. The van der Waals surface area contributed by atoms with Crippen LogP contribution in [0.15, 0.2) is 24.3 Å². The van der Waals surface area contributed by atoms with Gasteiger partial charge < -0.3 is 10.4 Å². The molecule has 1 amide bonds. The summed E-state index contributed by atoms with van der Waals surface area (Å²) in [5.41, 5.74) is 0.492. The average Bonchev–Trinajstić information content (AvgIpc) is 2.32. The minimum atomic E-state index is -0.0250. The van der Waals surface area contributed by atoms with Gasteiger partial charge in [-0.3, -0.25) is 4.79 Å². The molecular weight excluding hydrogens is 214 g/mol. The third kappa shape index (κ3) is 5.38. The molecule has 3 nitrogen and oxygen atoms in total. The van der Waals surface area contributed by atoms with Gasteiger partial charge in [0.25, 0.3) is 0 Å². The maximum Gasteiger partial charge on any atom is 0.224 e. The molecule has 17 heavy (non-hydrogen) atoms. The lowest BCUT2D eigenvalue weighted by atomic mass is 10.1. The molecule has 0 unspecified atom stereocenters. The van der Waals surface area contributed by atoms with E-state index in [0.717, 1.165) is 12.8 Å². The number of aromatic hydroxyl groups is 1. The molecular formula is C14H21NO2. The quantitative estimate of drug-likeness (QED) is 0.559. The zero-order valence-electron chi connectivity index (χ0n) is 10.4. The van der Waals surface area contributed by atoms with E-state index in [4.69, 9.17) is 0 Å². The molecule has 0 aliphatic heterocycles. The van der Waals surface area contributed by atoms with Gasteiger partial charge in [0.1, 0.15) is 5.75 Å². The Balaban J connectivity index is 2.23. The summed E-state index contributed by atoms with van der Waals surface area (Å²) in [6, 6.07) is 6.79. The molecule has 0 aliphatic rings. The van der Waals surface area contributed by atoms with Gasteiger partial charge in [-0.05, 0) is 18.6 Å². The Kier molecular flexibility index (Phi) is 6.15. The van der Waals surface area contributed by atoms with E-state index in [2.05, 4.69) is 12.2 Å². The number of hydrogen-bond donors (Lipinski definition) is 2. The van der Waals surface area contributed by atoms with Gasteiger partial charge in [0.05, 0.1) is 5.69 Å². The second-order valence-electron chi connectivity index (χ2n) is 4.23. The standard InChI is InChI=1S/C14H21NO2/c1-2-3-4-5-6-11-14(17)15-12-9-7-8-10-13(12)16/h7-10,16H,2-6,11H2,1H3,(H,15,17). The van der Waals surface area contributed by atoms with Crippen molar-refractivity contribution in [1.29, 1.82) is 0 Å². The maximum absolute atomic E-state index is 11.6. The first-order chi connectivity index (χ1) is 8.24. The van der Waals surface area contributed by atoms with Crippen LogP contribution < -0.4 is 5.32 Å². The highest BCUT2D eigenvalue weighted by atomic mass is 16.3. The van der Waals surface area contributed by atoms with E-state index in [1.54, 1.807) is 24.3 Å². The number of amides is 1. The summed E-state index contributed by atoms with van der Waals surface area (Å²) in [4.78, 5) is 11.6. The molecule has 94 valence electrons. The number of nitrogens with one attached hydrogen (secondary N) is 1. The summed E-state index contributed by atoms with van der Waals surface area (Å²) in [6.45, 7) is 2.17. The molecule has 0 fully saturated rings. The van der Waals surface area contributed by atoms with E-state index in [0.29, 0.717) is 12.1 Å². The molecule has 0 saturated heterocycles. The second-order valence-corrected chi connectivity index (χ2v) is 4.23. The number of benzene rings is 1. The number of anilines is 1. The van der Waals surface area contributed by atoms with Crippen molar-refractivity contribution in [2.45, 2.75) is 45.4 Å². The van der Waals surface area contributed by atoms with Gasteiger partial charge in [0, 0.05) is 6.42 Å². The average molecular weight is 235 g/mol. The van der Waals surface area contributed by atoms with Crippen molar-refractivity contribution >= 4 is 11.6 Å². The van der Waals surface area contributed by atoms with Crippen molar-refractivity contribution in [1.82, 2.24) is 0 Å². The number of carbonyl (C=O) groups excluding carboxylic acids is 1. The predicted octanol–water partition coefficient (Wildman–Crippen LogP) is 3.69. The van der Waals surface area contributed by atoms with Gasteiger partial charge in [-0.15, -0.1) is 0 Å². The lowest BCUT2D eigenvalue weighted by Gasteiger charge is -2.06. The SMILES string of the molecule is CCCCCCCC(=O)Nc1ccccc1O. The Morgan fingerprint density at radius 3 is 2.59 bits per heavy atom. The number of carbonyl (C=O) groups is 1. The second kappa shape index (κ2) is 7.71. The number of para-hydroxylation sites is 2. The van der Waals surface area contributed by atoms with Crippen LogP contribution in [0.2, 0.25) is 0 Å². The van der Waals surface area contributed by atoms with Crippen LogP contribution >= 0.6 is 0 Å². The topological polar surface area (TPSA) is 49.3 Å². The van der Waals surface area contributed by atoms with Crippen molar-refractivity contribution in [2.75, 3.05) is 5.32 Å². The Labute approximate surface area is 103 Å². The molecule has 1 aromatic carbocycles. The molecule has 0 atom stereocenters. The van der Waals surface area contributed by atoms with E-state index in [9.17, 15) is 9.90 Å². The predicted molar refractivity (Wildman–Crippen MR) is 70.1 cm³/mol. The number of phenols is 1. The van der Waals surface area contributed by atoms with E-state index < -0.39 is 0 Å². The van der Waals surface area contributed by atoms with Crippen LogP contribution in [0.5, 0.6) is 5.75 Å². The van der Waals surface area contributed by atoms with Crippen LogP contribution in [-0.2, 0) is 4.79 Å². The Morgan fingerprint density at radius 1 is 1.18 bits per heavy atom. The van der Waals surface area contributed by atoms with Crippen LogP contribution in [0.4, 0.5) is 5.69 Å². The highest BCUT2D eigenvalue weighted by Crippen LogP contribution is 2.21. The van der Waals surface area contributed by atoms with Crippen LogP contribution in [0.25, 0.3) is 0 Å². The monoisotopic (exact) mass is 235 g/mol. The zero-order chi connectivity index (χ0) is 12.5. The van der Waals surface area contributed by atoms with Crippen LogP contribution in [0.3, 0.4) is 0 Å². The smallest absolute Gasteiger partial charge is 0.224 e. The zero-order valence-corrected chi connectivity index (χ0v) is 10.4. The summed E-state index contributed by atoms with van der Waals surface area (Å²) in [5.74, 6) is 0.0924. The summed E-state index contributed by atoms with van der Waals surface area (Å²) in [5, 5.41) is 12.2. The van der Waals surface area contributed by atoms with Crippen molar-refractivity contribution < 1.29 is 9.90 Å². The first-order valence-corrected chi connectivity index (χ1v) is 6.32. The first-order valence-electron chi connectivity index (χ1n) is 6.32. The Morgan fingerprint density at radius 2 is 1.88 bits per heavy atom. The van der Waals surface area contributed by atoms with Gasteiger partial charge in [-0.25, -0.2) is 0 Å². The molecule has 3 heteroatoms. The minimum Gasteiger partial charge on any atom is -0.506 e. The largest absolute Gasteiger partial charge is 0.506 e. The third-order valence-corrected chi connectivity index (χ3v) is 2.69. The van der Waals surface area contributed by atoms with Gasteiger partial charge in [0.15, 0.2) is 0 Å². The van der Waals surface area contributed by atoms with E-state index in [1.165, 1.54) is 19.3 Å². The molecule has 2 N–H and O–H groups in total. The van der Waals surface area contributed by atoms with Crippen molar-refractivity contribution in [2.24, 2.45) is 0 Å². The number of unbranched alkanes of at least 4 members (excludes halogenated alkanes) is 4. The highest BCUT2D eigenvalue weighted by molar-refractivity contribution is 5.92. The summed E-state index contributed by atoms with van der Waals surface area (Å²) >= 11 is 0. The minimum absolute atomic E-state index is 0.0250. The molecule has 1 aromatic rings. The summed E-state index contributed by atoms with van der Waals surface area (Å²) < 4.78 is 0. The van der Waals surface area contributed by atoms with Crippen LogP contribution in [-0.4, -0.2) is 11.0 Å². The molecule has 0 radical (unpaired) electrons. The third-order valence-electron chi connectivity index (χ3n) is 2.69. The van der Waals surface area contributed by atoms with Crippen molar-refractivity contribution in [3.05, 3.63) is 24.3 Å². The van der Waals surface area contributed by atoms with Gasteiger partial charge >= 0.3 is 0 Å². The maximum atomic E-state index is 11.6.